The fourth-order valence-corrected chi connectivity index (χ4v) is 1.07. The Bertz CT molecular complexity index is 289. The van der Waals surface area contributed by atoms with Crippen molar-refractivity contribution >= 4 is 5.57 Å². The maximum absolute atomic E-state index is 5.50. The summed E-state index contributed by atoms with van der Waals surface area (Å²) in [6.45, 7) is 8.77. The molecule has 13 heavy (non-hydrogen) atoms. The first kappa shape index (κ1) is 9.85. The van der Waals surface area contributed by atoms with Gasteiger partial charge >= 0.3 is 0 Å². The predicted octanol–water partition coefficient (Wildman–Crippen LogP) is 3.51. The van der Waals surface area contributed by atoms with Crippen LogP contribution in [-0.2, 0) is 0 Å². The largest absolute Gasteiger partial charge is 0.494 e. The Hall–Kier alpha value is -1.24. The smallest absolute Gasteiger partial charge is 0.119 e. The van der Waals surface area contributed by atoms with Gasteiger partial charge in [0.2, 0.25) is 0 Å². The van der Waals surface area contributed by atoms with E-state index in [1.165, 1.54) is 0 Å². The first-order valence-electron chi connectivity index (χ1n) is 4.62. The maximum Gasteiger partial charge on any atom is 0.119 e. The third kappa shape index (κ3) is 2.94. The van der Waals surface area contributed by atoms with Gasteiger partial charge in [0.25, 0.3) is 0 Å². The first-order valence-corrected chi connectivity index (χ1v) is 4.62. The Morgan fingerprint density at radius 2 is 2.23 bits per heavy atom. The molecule has 1 aromatic carbocycles. The van der Waals surface area contributed by atoms with Crippen LogP contribution in [0.3, 0.4) is 0 Å². The van der Waals surface area contributed by atoms with Crippen LogP contribution in [-0.4, -0.2) is 6.61 Å². The van der Waals surface area contributed by atoms with Crippen LogP contribution in [0.4, 0.5) is 0 Å². The minimum atomic E-state index is 0.777. The summed E-state index contributed by atoms with van der Waals surface area (Å²) in [4.78, 5) is 0. The van der Waals surface area contributed by atoms with Crippen molar-refractivity contribution in [2.45, 2.75) is 20.3 Å². The van der Waals surface area contributed by atoms with Crippen LogP contribution in [0, 0.1) is 0 Å². The van der Waals surface area contributed by atoms with Gasteiger partial charge in [0, 0.05) is 0 Å². The summed E-state index contributed by atoms with van der Waals surface area (Å²) in [5.74, 6) is 0.933. The minimum absolute atomic E-state index is 0.777. The highest BCUT2D eigenvalue weighted by Gasteiger charge is 1.96. The van der Waals surface area contributed by atoms with Crippen molar-refractivity contribution in [3.63, 3.8) is 0 Å². The van der Waals surface area contributed by atoms with Crippen molar-refractivity contribution in [1.29, 1.82) is 0 Å². The summed E-state index contributed by atoms with van der Waals surface area (Å²) in [6.07, 6.45) is 1.04. The van der Waals surface area contributed by atoms with Crippen molar-refractivity contribution in [2.24, 2.45) is 0 Å². The van der Waals surface area contributed by atoms with E-state index in [1.54, 1.807) is 0 Å². The molecule has 0 fully saturated rings. The van der Waals surface area contributed by atoms with E-state index in [-0.39, 0.29) is 0 Å². The van der Waals surface area contributed by atoms with Gasteiger partial charge in [-0.3, -0.25) is 0 Å². The van der Waals surface area contributed by atoms with Crippen LogP contribution in [0.15, 0.2) is 30.8 Å². The predicted molar refractivity (Wildman–Crippen MR) is 56.9 cm³/mol. The lowest BCUT2D eigenvalue weighted by atomic mass is 10.1. The van der Waals surface area contributed by atoms with E-state index < -0.39 is 0 Å². The molecule has 0 aromatic heterocycles. The van der Waals surface area contributed by atoms with E-state index >= 15 is 0 Å². The van der Waals surface area contributed by atoms with Gasteiger partial charge in [0.15, 0.2) is 0 Å². The molecule has 0 heterocycles. The molecule has 0 saturated carbocycles. The summed E-state index contributed by atoms with van der Waals surface area (Å²) in [5.41, 5.74) is 2.22. The molecule has 0 unspecified atom stereocenters. The fraction of sp³-hybridized carbons (Fsp3) is 0.333. The zero-order chi connectivity index (χ0) is 9.68. The Kier molecular flexibility index (Phi) is 3.56. The average Bonchev–Trinajstić information content (AvgIpc) is 2.15. The number of allylic oxidation sites excluding steroid dienone is 1. The van der Waals surface area contributed by atoms with Gasteiger partial charge in [0.05, 0.1) is 6.61 Å². The van der Waals surface area contributed by atoms with Gasteiger partial charge in [-0.05, 0) is 31.0 Å². The highest BCUT2D eigenvalue weighted by Crippen LogP contribution is 2.18. The Morgan fingerprint density at radius 3 is 2.85 bits per heavy atom. The van der Waals surface area contributed by atoms with Gasteiger partial charge in [-0.15, -0.1) is 0 Å². The molecule has 0 atom stereocenters. The van der Waals surface area contributed by atoms with Crippen LogP contribution >= 0.6 is 0 Å². The van der Waals surface area contributed by atoms with Crippen molar-refractivity contribution in [3.8, 4) is 5.75 Å². The van der Waals surface area contributed by atoms with E-state index in [0.717, 1.165) is 29.9 Å². The van der Waals surface area contributed by atoms with Crippen molar-refractivity contribution in [3.05, 3.63) is 36.4 Å². The average molecular weight is 176 g/mol. The number of benzene rings is 1. The summed E-state index contributed by atoms with van der Waals surface area (Å²) in [6, 6.07) is 8.04. The third-order valence-electron chi connectivity index (χ3n) is 1.80. The van der Waals surface area contributed by atoms with Crippen LogP contribution < -0.4 is 4.74 Å². The zero-order valence-electron chi connectivity index (χ0n) is 8.34. The highest BCUT2D eigenvalue weighted by atomic mass is 16.5. The van der Waals surface area contributed by atoms with Gasteiger partial charge in [-0.1, -0.05) is 31.2 Å². The van der Waals surface area contributed by atoms with E-state index in [9.17, 15) is 0 Å². The Labute approximate surface area is 80.0 Å². The van der Waals surface area contributed by atoms with Crippen LogP contribution in [0.1, 0.15) is 25.8 Å². The quantitative estimate of drug-likeness (QED) is 0.682. The van der Waals surface area contributed by atoms with Crippen LogP contribution in [0.5, 0.6) is 5.75 Å². The second kappa shape index (κ2) is 4.70. The van der Waals surface area contributed by atoms with Crippen LogP contribution in [0.2, 0.25) is 0 Å². The molecular weight excluding hydrogens is 160 g/mol. The second-order valence-electron chi connectivity index (χ2n) is 3.16. The molecule has 0 bridgehead atoms. The molecule has 1 aromatic rings. The monoisotopic (exact) mass is 176 g/mol. The number of hydrogen-bond acceptors (Lipinski definition) is 1. The molecule has 1 rings (SSSR count). The zero-order valence-corrected chi connectivity index (χ0v) is 8.34. The summed E-state index contributed by atoms with van der Waals surface area (Å²) < 4.78 is 5.50. The van der Waals surface area contributed by atoms with Gasteiger partial charge in [0.1, 0.15) is 5.75 Å². The second-order valence-corrected chi connectivity index (χ2v) is 3.16. The number of rotatable bonds is 4. The minimum Gasteiger partial charge on any atom is -0.494 e. The Morgan fingerprint density at radius 1 is 1.46 bits per heavy atom. The molecule has 0 spiro atoms. The molecule has 0 aliphatic heterocycles. The highest BCUT2D eigenvalue weighted by molar-refractivity contribution is 5.62. The normalized spacial score (nSPS) is 9.69. The molecule has 70 valence electrons. The van der Waals surface area contributed by atoms with Crippen LogP contribution in [0.25, 0.3) is 5.57 Å². The molecular formula is C12H16O. The molecule has 1 nitrogen and oxygen atoms in total. The number of ether oxygens (including phenoxy) is 1. The van der Waals surface area contributed by atoms with Gasteiger partial charge < -0.3 is 4.74 Å². The van der Waals surface area contributed by atoms with E-state index in [4.69, 9.17) is 4.74 Å². The summed E-state index contributed by atoms with van der Waals surface area (Å²) in [5, 5.41) is 0. The molecule has 0 radical (unpaired) electrons. The van der Waals surface area contributed by atoms with Crippen molar-refractivity contribution in [2.75, 3.05) is 6.61 Å². The molecule has 0 aliphatic carbocycles. The lowest BCUT2D eigenvalue weighted by Gasteiger charge is -2.06. The number of hydrogen-bond donors (Lipinski definition) is 0. The lowest BCUT2D eigenvalue weighted by molar-refractivity contribution is 0.317. The third-order valence-corrected chi connectivity index (χ3v) is 1.80. The van der Waals surface area contributed by atoms with Gasteiger partial charge in [-0.2, -0.15) is 0 Å². The van der Waals surface area contributed by atoms with Crippen molar-refractivity contribution < 1.29 is 4.74 Å². The fourth-order valence-electron chi connectivity index (χ4n) is 1.07. The molecule has 1 heteroatoms. The van der Waals surface area contributed by atoms with E-state index in [1.807, 2.05) is 31.2 Å². The molecule has 0 saturated heterocycles. The first-order chi connectivity index (χ1) is 6.24. The Balaban J connectivity index is 2.73. The lowest BCUT2D eigenvalue weighted by Crippen LogP contribution is -1.94. The summed E-state index contributed by atoms with van der Waals surface area (Å²) in [7, 11) is 0. The van der Waals surface area contributed by atoms with E-state index in [2.05, 4.69) is 13.5 Å². The summed E-state index contributed by atoms with van der Waals surface area (Å²) >= 11 is 0. The maximum atomic E-state index is 5.50. The van der Waals surface area contributed by atoms with Gasteiger partial charge in [-0.25, -0.2) is 0 Å². The SMILES string of the molecule is C=C(C)c1cccc(OCCC)c1. The molecule has 0 amide bonds. The molecule has 0 aliphatic rings. The standard InChI is InChI=1S/C12H16O/c1-4-8-13-12-7-5-6-11(9-12)10(2)3/h5-7,9H,2,4,8H2,1,3H3. The van der Waals surface area contributed by atoms with E-state index in [0.29, 0.717) is 0 Å². The van der Waals surface area contributed by atoms with Crippen molar-refractivity contribution in [1.82, 2.24) is 0 Å². The topological polar surface area (TPSA) is 9.23 Å². The molecule has 0 N–H and O–H groups in total.